The van der Waals surface area contributed by atoms with Crippen LogP contribution in [0.4, 0.5) is 0 Å². The summed E-state index contributed by atoms with van der Waals surface area (Å²) in [5.74, 6) is -2.98. The Morgan fingerprint density at radius 2 is 1.00 bits per heavy atom. The van der Waals surface area contributed by atoms with Gasteiger partial charge in [0.1, 0.15) is 0 Å². The van der Waals surface area contributed by atoms with Crippen LogP contribution in [0.2, 0.25) is 0 Å². The first-order chi connectivity index (χ1) is 12.5. The summed E-state index contributed by atoms with van der Waals surface area (Å²) in [5, 5.41) is 38.5. The van der Waals surface area contributed by atoms with Gasteiger partial charge in [0.05, 0.1) is 13.2 Å². The zero-order valence-electron chi connectivity index (χ0n) is 15.0. The van der Waals surface area contributed by atoms with Gasteiger partial charge in [-0.15, -0.1) is 0 Å². The predicted octanol–water partition coefficient (Wildman–Crippen LogP) is -0.576. The number of aliphatic hydroxyl groups is 2. The molecule has 2 aromatic rings. The molecule has 27 heavy (non-hydrogen) atoms. The summed E-state index contributed by atoms with van der Waals surface area (Å²) in [7, 11) is 0. The summed E-state index contributed by atoms with van der Waals surface area (Å²) in [5.41, 5.74) is 1.66. The van der Waals surface area contributed by atoms with E-state index in [4.69, 9.17) is 10.2 Å². The second-order valence-electron chi connectivity index (χ2n) is 5.73. The van der Waals surface area contributed by atoms with Crippen LogP contribution in [0.3, 0.4) is 0 Å². The van der Waals surface area contributed by atoms with E-state index in [-0.39, 0.29) is 75.6 Å². The van der Waals surface area contributed by atoms with Crippen molar-refractivity contribution in [3.63, 3.8) is 0 Å². The van der Waals surface area contributed by atoms with Crippen LogP contribution in [0.5, 0.6) is 0 Å². The summed E-state index contributed by atoms with van der Waals surface area (Å²) in [6.45, 7) is -0.337. The monoisotopic (exact) mass is 398 g/mol. The molecule has 0 spiro atoms. The molecule has 0 amide bonds. The number of benzene rings is 2. The number of carbonyl (C=O) groups is 2. The van der Waals surface area contributed by atoms with E-state index in [0.717, 1.165) is 11.1 Å². The zero-order chi connectivity index (χ0) is 19.4. The van der Waals surface area contributed by atoms with Gasteiger partial charge in [0.25, 0.3) is 0 Å². The summed E-state index contributed by atoms with van der Waals surface area (Å²) >= 11 is 0. The minimum atomic E-state index is -1.14. The smallest absolute Gasteiger partial charge is 0.550 e. The van der Waals surface area contributed by atoms with Crippen LogP contribution >= 0.6 is 0 Å². The Balaban J connectivity index is 0.000000483. The minimum Gasteiger partial charge on any atom is -0.550 e. The van der Waals surface area contributed by atoms with E-state index in [1.54, 1.807) is 24.3 Å². The topological polar surface area (TPSA) is 121 Å². The molecule has 0 saturated carbocycles. The van der Waals surface area contributed by atoms with Crippen molar-refractivity contribution < 1.29 is 30.0 Å². The Morgan fingerprint density at radius 1 is 0.704 bits per heavy atom. The fourth-order valence-electron chi connectivity index (χ4n) is 2.43. The molecule has 0 bridgehead atoms. The molecule has 2 atom stereocenters. The van der Waals surface area contributed by atoms with Crippen molar-refractivity contribution in [3.05, 3.63) is 71.8 Å². The Morgan fingerprint density at radius 3 is 1.22 bits per heavy atom. The van der Waals surface area contributed by atoms with Crippen LogP contribution in [0.15, 0.2) is 60.7 Å². The maximum Gasteiger partial charge on any atom is 2.00 e. The van der Waals surface area contributed by atoms with Gasteiger partial charge in [0.15, 0.2) is 0 Å². The zero-order valence-corrected chi connectivity index (χ0v) is 17.2. The average Bonchev–Trinajstić information content (AvgIpc) is 2.66. The fourth-order valence-corrected chi connectivity index (χ4v) is 2.43. The Labute approximate surface area is 188 Å². The number of aliphatic hydroxyl groups excluding tert-OH is 2. The second-order valence-corrected chi connectivity index (χ2v) is 5.73. The summed E-state index contributed by atoms with van der Waals surface area (Å²) in [4.78, 5) is 20.6. The predicted molar refractivity (Wildman–Crippen MR) is 97.5 cm³/mol. The molecule has 0 aliphatic heterocycles. The normalized spacial score (nSPS) is 11.9. The number of aliphatic carboxylic acids is 2. The van der Waals surface area contributed by atoms with E-state index in [2.05, 4.69) is 0 Å². The second kappa shape index (κ2) is 14.6. The van der Waals surface area contributed by atoms with Crippen molar-refractivity contribution in [2.24, 2.45) is 0 Å². The molecular formula is C20H22CaO6. The van der Waals surface area contributed by atoms with Crippen LogP contribution < -0.4 is 10.2 Å². The van der Waals surface area contributed by atoms with Crippen LogP contribution in [0.25, 0.3) is 0 Å². The van der Waals surface area contributed by atoms with Crippen molar-refractivity contribution in [2.75, 3.05) is 13.2 Å². The number of carboxylic acids is 2. The summed E-state index contributed by atoms with van der Waals surface area (Å²) in [6.07, 6.45) is -0.277. The van der Waals surface area contributed by atoms with Gasteiger partial charge in [-0.3, -0.25) is 0 Å². The third-order valence-corrected chi connectivity index (χ3v) is 3.81. The maximum absolute atomic E-state index is 10.3. The van der Waals surface area contributed by atoms with Crippen LogP contribution in [0, 0.1) is 0 Å². The Bertz CT molecular complexity index is 603. The molecule has 0 fully saturated rings. The molecule has 0 saturated heterocycles. The summed E-state index contributed by atoms with van der Waals surface area (Å²) < 4.78 is 0. The number of rotatable bonds is 8. The molecule has 0 radical (unpaired) electrons. The van der Waals surface area contributed by atoms with Crippen LogP contribution in [0.1, 0.15) is 35.8 Å². The summed E-state index contributed by atoms with van der Waals surface area (Å²) in [6, 6.07) is 18.1. The van der Waals surface area contributed by atoms with Gasteiger partial charge in [0.2, 0.25) is 0 Å². The van der Waals surface area contributed by atoms with Crippen molar-refractivity contribution in [1.82, 2.24) is 0 Å². The van der Waals surface area contributed by atoms with Gasteiger partial charge < -0.3 is 30.0 Å². The van der Waals surface area contributed by atoms with Crippen LogP contribution in [-0.2, 0) is 9.59 Å². The molecule has 0 heterocycles. The van der Waals surface area contributed by atoms with Gasteiger partial charge in [-0.05, 0) is 24.0 Å². The number of hydrogen-bond acceptors (Lipinski definition) is 6. The first kappa shape index (κ1) is 25.6. The molecule has 2 N–H and O–H groups in total. The number of hydrogen-bond donors (Lipinski definition) is 2. The largest absolute Gasteiger partial charge is 2.00 e. The van der Waals surface area contributed by atoms with E-state index in [9.17, 15) is 19.8 Å². The van der Waals surface area contributed by atoms with Crippen molar-refractivity contribution in [3.8, 4) is 0 Å². The average molecular weight is 398 g/mol. The van der Waals surface area contributed by atoms with E-state index in [1.165, 1.54) is 0 Å². The van der Waals surface area contributed by atoms with E-state index >= 15 is 0 Å². The van der Waals surface area contributed by atoms with Gasteiger partial charge in [-0.2, -0.15) is 0 Å². The van der Waals surface area contributed by atoms with Gasteiger partial charge in [-0.1, -0.05) is 60.7 Å². The maximum atomic E-state index is 10.3. The van der Waals surface area contributed by atoms with Gasteiger partial charge in [0, 0.05) is 23.8 Å². The van der Waals surface area contributed by atoms with Gasteiger partial charge in [-0.25, -0.2) is 0 Å². The SMILES string of the molecule is O=C([O-])CC(CO)c1ccccc1.O=C([O-])CC(CO)c1ccccc1.[Ca+2]. The third kappa shape index (κ3) is 10.5. The van der Waals surface area contributed by atoms with E-state index < -0.39 is 11.9 Å². The number of carbonyl (C=O) groups excluding carboxylic acids is 2. The Hall–Kier alpha value is -1.44. The molecule has 2 aromatic carbocycles. The molecule has 2 unspecified atom stereocenters. The third-order valence-electron chi connectivity index (χ3n) is 3.81. The van der Waals surface area contributed by atoms with Crippen molar-refractivity contribution in [1.29, 1.82) is 0 Å². The molecule has 0 aliphatic rings. The Kier molecular flexibility index (Phi) is 13.8. The molecule has 140 valence electrons. The molecular weight excluding hydrogens is 376 g/mol. The van der Waals surface area contributed by atoms with E-state index in [1.807, 2.05) is 36.4 Å². The number of carboxylic acid groups (broad SMARTS) is 2. The van der Waals surface area contributed by atoms with Crippen molar-refractivity contribution >= 4 is 49.7 Å². The molecule has 0 aliphatic carbocycles. The van der Waals surface area contributed by atoms with Gasteiger partial charge >= 0.3 is 37.7 Å². The van der Waals surface area contributed by atoms with Crippen LogP contribution in [-0.4, -0.2) is 73.1 Å². The van der Waals surface area contributed by atoms with Crippen molar-refractivity contribution in [2.45, 2.75) is 24.7 Å². The molecule has 2 rings (SSSR count). The first-order valence-corrected chi connectivity index (χ1v) is 8.19. The minimum absolute atomic E-state index is 0. The fraction of sp³-hybridized carbons (Fsp3) is 0.300. The standard InChI is InChI=1S/2C10H12O3.Ca/c2*11-7-9(6-10(12)13)8-4-2-1-3-5-8;/h2*1-5,9,11H,6-7H2,(H,12,13);/q;;+2/p-2. The quantitative estimate of drug-likeness (QED) is 0.574. The molecule has 7 heteroatoms. The molecule has 0 aromatic heterocycles. The first-order valence-electron chi connectivity index (χ1n) is 8.19. The van der Waals surface area contributed by atoms with E-state index in [0.29, 0.717) is 0 Å². The molecule has 6 nitrogen and oxygen atoms in total.